The van der Waals surface area contributed by atoms with Gasteiger partial charge in [-0.2, -0.15) is 0 Å². The number of nitrogens with two attached hydrogens (primary N) is 1. The summed E-state index contributed by atoms with van der Waals surface area (Å²) in [6, 6.07) is 14.0. The van der Waals surface area contributed by atoms with E-state index in [1.807, 2.05) is 30.3 Å². The van der Waals surface area contributed by atoms with Crippen LogP contribution in [0.25, 0.3) is 10.9 Å². The maximum atomic E-state index is 5.91. The second-order valence-electron chi connectivity index (χ2n) is 4.98. The second kappa shape index (κ2) is 5.40. The van der Waals surface area contributed by atoms with Crippen molar-refractivity contribution in [1.82, 2.24) is 4.57 Å². The third-order valence-electron chi connectivity index (χ3n) is 3.56. The Hall–Kier alpha value is -2.62. The van der Waals surface area contributed by atoms with E-state index in [0.717, 1.165) is 34.5 Å². The summed E-state index contributed by atoms with van der Waals surface area (Å²) in [6.45, 7) is 0.747. The Morgan fingerprint density at radius 1 is 0.952 bits per heavy atom. The number of nitrogen functional groups attached to an aromatic ring is 1. The standard InChI is InChI=1S/C17H18N2O2/c1-20-15-3-4-17-13(9-15)5-6-19(17)11-12-7-14(18)10-16(8-12)21-2/h3-10H,11,18H2,1-2H3. The molecule has 0 unspecified atom stereocenters. The average Bonchev–Trinajstić information content (AvgIpc) is 2.88. The molecule has 0 saturated carbocycles. The first-order valence-electron chi connectivity index (χ1n) is 6.76. The van der Waals surface area contributed by atoms with Crippen molar-refractivity contribution in [1.29, 1.82) is 0 Å². The van der Waals surface area contributed by atoms with Gasteiger partial charge in [-0.3, -0.25) is 0 Å². The van der Waals surface area contributed by atoms with Crippen molar-refractivity contribution in [3.8, 4) is 11.5 Å². The zero-order valence-corrected chi connectivity index (χ0v) is 12.2. The number of hydrogen-bond acceptors (Lipinski definition) is 3. The maximum absolute atomic E-state index is 5.91. The molecule has 0 aliphatic carbocycles. The number of fused-ring (bicyclic) bond motifs is 1. The molecule has 2 N–H and O–H groups in total. The topological polar surface area (TPSA) is 49.4 Å². The number of aromatic nitrogens is 1. The number of anilines is 1. The van der Waals surface area contributed by atoms with Gasteiger partial charge in [0.05, 0.1) is 14.2 Å². The average molecular weight is 282 g/mol. The van der Waals surface area contributed by atoms with Crippen LogP contribution in [0, 0.1) is 0 Å². The molecular weight excluding hydrogens is 264 g/mol. The van der Waals surface area contributed by atoms with Crippen molar-refractivity contribution in [2.45, 2.75) is 6.54 Å². The number of nitrogens with zero attached hydrogens (tertiary/aromatic N) is 1. The lowest BCUT2D eigenvalue weighted by Crippen LogP contribution is -2.00. The summed E-state index contributed by atoms with van der Waals surface area (Å²) < 4.78 is 12.7. The molecule has 4 nitrogen and oxygen atoms in total. The van der Waals surface area contributed by atoms with Gasteiger partial charge < -0.3 is 19.8 Å². The van der Waals surface area contributed by atoms with Crippen molar-refractivity contribution in [3.63, 3.8) is 0 Å². The Labute approximate surface area is 123 Å². The molecule has 0 bridgehead atoms. The molecule has 0 atom stereocenters. The normalized spacial score (nSPS) is 10.8. The third kappa shape index (κ3) is 2.65. The summed E-state index contributed by atoms with van der Waals surface area (Å²) >= 11 is 0. The number of rotatable bonds is 4. The smallest absolute Gasteiger partial charge is 0.121 e. The Kier molecular flexibility index (Phi) is 3.44. The van der Waals surface area contributed by atoms with E-state index in [2.05, 4.69) is 22.9 Å². The SMILES string of the molecule is COc1cc(N)cc(Cn2ccc3cc(OC)ccc32)c1. The number of methoxy groups -OCH3 is 2. The maximum Gasteiger partial charge on any atom is 0.121 e. The molecule has 0 aliphatic heterocycles. The van der Waals surface area contributed by atoms with Gasteiger partial charge in [0.15, 0.2) is 0 Å². The van der Waals surface area contributed by atoms with Gasteiger partial charge in [-0.05, 0) is 42.0 Å². The van der Waals surface area contributed by atoms with Crippen LogP contribution in [-0.4, -0.2) is 18.8 Å². The third-order valence-corrected chi connectivity index (χ3v) is 3.56. The minimum absolute atomic E-state index is 0.711. The molecule has 2 aromatic carbocycles. The Morgan fingerprint density at radius 2 is 1.76 bits per heavy atom. The Bertz CT molecular complexity index is 778. The second-order valence-corrected chi connectivity index (χ2v) is 4.98. The Balaban J connectivity index is 1.96. The minimum Gasteiger partial charge on any atom is -0.497 e. The van der Waals surface area contributed by atoms with Crippen molar-refractivity contribution in [3.05, 3.63) is 54.2 Å². The van der Waals surface area contributed by atoms with Gasteiger partial charge in [0, 0.05) is 35.4 Å². The summed E-state index contributed by atoms with van der Waals surface area (Å²) in [5, 5.41) is 1.16. The molecule has 0 amide bonds. The van der Waals surface area contributed by atoms with E-state index in [-0.39, 0.29) is 0 Å². The predicted octanol–water partition coefficient (Wildman–Crippen LogP) is 3.29. The van der Waals surface area contributed by atoms with Gasteiger partial charge in [-0.1, -0.05) is 0 Å². The van der Waals surface area contributed by atoms with Crippen molar-refractivity contribution in [2.24, 2.45) is 0 Å². The van der Waals surface area contributed by atoms with Crippen LogP contribution in [0.5, 0.6) is 11.5 Å². The van der Waals surface area contributed by atoms with Gasteiger partial charge in [-0.15, -0.1) is 0 Å². The van der Waals surface area contributed by atoms with Crippen LogP contribution >= 0.6 is 0 Å². The highest BCUT2D eigenvalue weighted by Gasteiger charge is 2.05. The van der Waals surface area contributed by atoms with Crippen LogP contribution in [0.3, 0.4) is 0 Å². The van der Waals surface area contributed by atoms with Crippen molar-refractivity contribution >= 4 is 16.6 Å². The lowest BCUT2D eigenvalue weighted by atomic mass is 10.2. The number of ether oxygens (including phenoxy) is 2. The largest absolute Gasteiger partial charge is 0.497 e. The molecule has 4 heteroatoms. The van der Waals surface area contributed by atoms with E-state index in [4.69, 9.17) is 15.2 Å². The molecule has 21 heavy (non-hydrogen) atoms. The first-order chi connectivity index (χ1) is 10.2. The lowest BCUT2D eigenvalue weighted by Gasteiger charge is -2.09. The van der Waals surface area contributed by atoms with Crippen LogP contribution in [0.1, 0.15) is 5.56 Å². The van der Waals surface area contributed by atoms with Crippen LogP contribution in [-0.2, 0) is 6.54 Å². The zero-order chi connectivity index (χ0) is 14.8. The first kappa shape index (κ1) is 13.4. The van der Waals surface area contributed by atoms with Crippen molar-refractivity contribution < 1.29 is 9.47 Å². The summed E-state index contributed by atoms with van der Waals surface area (Å²) in [6.07, 6.45) is 2.07. The van der Waals surface area contributed by atoms with Gasteiger partial charge in [0.25, 0.3) is 0 Å². The molecule has 0 saturated heterocycles. The molecule has 1 aromatic heterocycles. The molecule has 1 heterocycles. The van der Waals surface area contributed by atoms with E-state index in [0.29, 0.717) is 5.69 Å². The van der Waals surface area contributed by atoms with Crippen LogP contribution < -0.4 is 15.2 Å². The van der Waals surface area contributed by atoms with E-state index >= 15 is 0 Å². The monoisotopic (exact) mass is 282 g/mol. The van der Waals surface area contributed by atoms with Gasteiger partial charge >= 0.3 is 0 Å². The molecule has 0 fully saturated rings. The van der Waals surface area contributed by atoms with E-state index in [9.17, 15) is 0 Å². The van der Waals surface area contributed by atoms with E-state index in [1.165, 1.54) is 0 Å². The van der Waals surface area contributed by atoms with Gasteiger partial charge in [0.1, 0.15) is 11.5 Å². The summed E-state index contributed by atoms with van der Waals surface area (Å²) in [4.78, 5) is 0. The predicted molar refractivity (Wildman–Crippen MR) is 85.0 cm³/mol. The molecule has 0 radical (unpaired) electrons. The van der Waals surface area contributed by atoms with Crippen LogP contribution in [0.15, 0.2) is 48.7 Å². The lowest BCUT2D eigenvalue weighted by molar-refractivity contribution is 0.414. The molecule has 0 spiro atoms. The minimum atomic E-state index is 0.711. The van der Waals surface area contributed by atoms with Crippen molar-refractivity contribution in [2.75, 3.05) is 20.0 Å². The molecule has 0 aliphatic rings. The fourth-order valence-electron chi connectivity index (χ4n) is 2.53. The molecule has 3 aromatic rings. The number of hydrogen-bond donors (Lipinski definition) is 1. The summed E-state index contributed by atoms with van der Waals surface area (Å²) in [7, 11) is 3.33. The van der Waals surface area contributed by atoms with Crippen LogP contribution in [0.2, 0.25) is 0 Å². The van der Waals surface area contributed by atoms with E-state index in [1.54, 1.807) is 14.2 Å². The summed E-state index contributed by atoms with van der Waals surface area (Å²) in [5.41, 5.74) is 8.89. The summed E-state index contributed by atoms with van der Waals surface area (Å²) in [5.74, 6) is 1.65. The van der Waals surface area contributed by atoms with Gasteiger partial charge in [0.2, 0.25) is 0 Å². The number of benzene rings is 2. The first-order valence-corrected chi connectivity index (χ1v) is 6.76. The fourth-order valence-corrected chi connectivity index (χ4v) is 2.53. The highest BCUT2D eigenvalue weighted by molar-refractivity contribution is 5.81. The zero-order valence-electron chi connectivity index (χ0n) is 12.2. The molecule has 108 valence electrons. The highest BCUT2D eigenvalue weighted by Crippen LogP contribution is 2.24. The van der Waals surface area contributed by atoms with Crippen LogP contribution in [0.4, 0.5) is 5.69 Å². The molecule has 3 rings (SSSR count). The highest BCUT2D eigenvalue weighted by atomic mass is 16.5. The Morgan fingerprint density at radius 3 is 2.52 bits per heavy atom. The quantitative estimate of drug-likeness (QED) is 0.747. The van der Waals surface area contributed by atoms with Gasteiger partial charge in [-0.25, -0.2) is 0 Å². The fraction of sp³-hybridized carbons (Fsp3) is 0.176. The van der Waals surface area contributed by atoms with E-state index < -0.39 is 0 Å². The molecular formula is C17H18N2O2.